The van der Waals surface area contributed by atoms with Crippen LogP contribution < -0.4 is 0 Å². The standard InChI is InChI=1S/C46H72O4/c1-12-45(13-2,14-3)29-50-39-32(6)26-46-30-48-28-42(39,9)37(46)21-20-35-36(46)22-23-44(11)38(40(47)49-27-34-18-16-15-17-19-34)41(8,33(7)31(4)5)24-25-43(35,44)10/h15-19,22,31-33,35,37-39H,12-14,20-21,23-30H2,1-11H3/t32-,33-,35+,37+,38-,39+,41-,42-,43-,44+,46+/m1/s1. The molecule has 11 atom stereocenters. The van der Waals surface area contributed by atoms with Gasteiger partial charge in [0.15, 0.2) is 0 Å². The summed E-state index contributed by atoms with van der Waals surface area (Å²) in [5, 5.41) is 0. The number of carbonyl (C=O) groups excluding carboxylic acids is 1. The van der Waals surface area contributed by atoms with Crippen LogP contribution in [0.15, 0.2) is 42.0 Å². The van der Waals surface area contributed by atoms with E-state index in [-0.39, 0.29) is 50.5 Å². The van der Waals surface area contributed by atoms with Gasteiger partial charge in [0.2, 0.25) is 0 Å². The van der Waals surface area contributed by atoms with Crippen LogP contribution in [0.3, 0.4) is 0 Å². The molecule has 4 heteroatoms. The smallest absolute Gasteiger partial charge is 0.310 e. The minimum atomic E-state index is -0.191. The van der Waals surface area contributed by atoms with E-state index in [1.165, 1.54) is 32.1 Å². The molecule has 0 spiro atoms. The molecule has 1 saturated heterocycles. The molecule has 0 N–H and O–H groups in total. The molecule has 280 valence electrons. The molecule has 1 aromatic carbocycles. The van der Waals surface area contributed by atoms with Crippen LogP contribution >= 0.6 is 0 Å². The van der Waals surface area contributed by atoms with Gasteiger partial charge in [0.1, 0.15) is 6.61 Å². The van der Waals surface area contributed by atoms with E-state index in [1.807, 2.05) is 18.2 Å². The van der Waals surface area contributed by atoms with E-state index in [4.69, 9.17) is 14.2 Å². The molecule has 5 aliphatic rings. The van der Waals surface area contributed by atoms with Crippen LogP contribution in [0.25, 0.3) is 0 Å². The Morgan fingerprint density at radius 3 is 2.26 bits per heavy atom. The van der Waals surface area contributed by atoms with Gasteiger partial charge in [-0.1, -0.05) is 118 Å². The zero-order valence-electron chi connectivity index (χ0n) is 33.8. The maximum Gasteiger partial charge on any atom is 0.310 e. The molecular weight excluding hydrogens is 617 g/mol. The highest BCUT2D eigenvalue weighted by Crippen LogP contribution is 2.75. The Hall–Kier alpha value is -1.65. The molecule has 4 fully saturated rings. The third-order valence-electron chi connectivity index (χ3n) is 17.4. The largest absolute Gasteiger partial charge is 0.461 e. The first-order valence-corrected chi connectivity index (χ1v) is 20.7. The van der Waals surface area contributed by atoms with Gasteiger partial charge in [-0.15, -0.1) is 0 Å². The van der Waals surface area contributed by atoms with Crippen LogP contribution in [-0.2, 0) is 25.6 Å². The number of hydrogen-bond donors (Lipinski definition) is 0. The summed E-state index contributed by atoms with van der Waals surface area (Å²) in [5.74, 6) is 2.28. The monoisotopic (exact) mass is 689 g/mol. The summed E-state index contributed by atoms with van der Waals surface area (Å²) in [6.07, 6.45) is 13.1. The molecule has 4 nitrogen and oxygen atoms in total. The quantitative estimate of drug-likeness (QED) is 0.171. The molecule has 50 heavy (non-hydrogen) atoms. The van der Waals surface area contributed by atoms with E-state index >= 15 is 0 Å². The lowest BCUT2D eigenvalue weighted by Gasteiger charge is -2.71. The molecule has 1 aliphatic heterocycles. The average molecular weight is 689 g/mol. The Labute approximate surface area is 306 Å². The van der Waals surface area contributed by atoms with E-state index in [2.05, 4.69) is 94.4 Å². The highest BCUT2D eigenvalue weighted by atomic mass is 16.5. The predicted octanol–water partition coefficient (Wildman–Crippen LogP) is 11.5. The topological polar surface area (TPSA) is 44.8 Å². The number of fused-ring (bicyclic) bond motifs is 3. The van der Waals surface area contributed by atoms with Crippen molar-refractivity contribution in [2.24, 2.45) is 68.0 Å². The van der Waals surface area contributed by atoms with Crippen LogP contribution in [0.5, 0.6) is 0 Å². The van der Waals surface area contributed by atoms with Gasteiger partial charge < -0.3 is 14.2 Å². The van der Waals surface area contributed by atoms with E-state index in [0.29, 0.717) is 36.2 Å². The summed E-state index contributed by atoms with van der Waals surface area (Å²) in [6.45, 7) is 29.4. The van der Waals surface area contributed by atoms with Crippen molar-refractivity contribution in [3.05, 3.63) is 47.5 Å². The molecule has 1 aromatic rings. The molecule has 1 heterocycles. The van der Waals surface area contributed by atoms with Crippen LogP contribution in [0.4, 0.5) is 0 Å². The van der Waals surface area contributed by atoms with Gasteiger partial charge in [0.05, 0.1) is 31.8 Å². The first kappa shape index (κ1) is 38.1. The van der Waals surface area contributed by atoms with Gasteiger partial charge in [-0.3, -0.25) is 4.79 Å². The Kier molecular flexibility index (Phi) is 10.4. The van der Waals surface area contributed by atoms with Crippen molar-refractivity contribution >= 4 is 5.97 Å². The molecule has 3 saturated carbocycles. The zero-order chi connectivity index (χ0) is 36.3. The van der Waals surface area contributed by atoms with Crippen LogP contribution in [0.1, 0.15) is 140 Å². The number of rotatable bonds is 11. The van der Waals surface area contributed by atoms with E-state index in [9.17, 15) is 4.79 Å². The minimum Gasteiger partial charge on any atom is -0.461 e. The van der Waals surface area contributed by atoms with Crippen molar-refractivity contribution < 1.29 is 19.0 Å². The van der Waals surface area contributed by atoms with Crippen molar-refractivity contribution in [3.63, 3.8) is 0 Å². The Bertz CT molecular complexity index is 1390. The summed E-state index contributed by atoms with van der Waals surface area (Å²) >= 11 is 0. The van der Waals surface area contributed by atoms with Crippen molar-refractivity contribution in [1.82, 2.24) is 0 Å². The van der Waals surface area contributed by atoms with Crippen LogP contribution in [0.2, 0.25) is 0 Å². The molecule has 0 amide bonds. The number of allylic oxidation sites excluding steroid dienone is 1. The maximum atomic E-state index is 14.7. The highest BCUT2D eigenvalue weighted by Gasteiger charge is 2.71. The van der Waals surface area contributed by atoms with Crippen LogP contribution in [-0.4, -0.2) is 31.9 Å². The fourth-order valence-electron chi connectivity index (χ4n) is 13.5. The van der Waals surface area contributed by atoms with Gasteiger partial charge in [-0.05, 0) is 115 Å². The number of carbonyl (C=O) groups is 1. The number of hydrogen-bond acceptors (Lipinski definition) is 4. The molecule has 6 rings (SSSR count). The fraction of sp³-hybridized carbons (Fsp3) is 0.804. The van der Waals surface area contributed by atoms with Gasteiger partial charge in [-0.2, -0.15) is 0 Å². The second kappa shape index (κ2) is 13.6. The molecule has 2 bridgehead atoms. The average Bonchev–Trinajstić information content (AvgIpc) is 3.09. The normalized spacial score (nSPS) is 41.8. The highest BCUT2D eigenvalue weighted by molar-refractivity contribution is 5.75. The van der Waals surface area contributed by atoms with Crippen molar-refractivity contribution in [3.8, 4) is 0 Å². The SMILES string of the molecule is CCC(CC)(CC)CO[C@H]1[C@H](C)C[C@@]23COC[C@]1(C)[C@@H]2CC[C@H]1C3=CC[C@@]2(C)[C@H](C(=O)OCc3ccccc3)[C@@](C)([C@H](C)C(C)C)CC[C@]12C. The van der Waals surface area contributed by atoms with Crippen molar-refractivity contribution in [2.45, 2.75) is 147 Å². The summed E-state index contributed by atoms with van der Waals surface area (Å²) in [4.78, 5) is 14.7. The second-order valence-electron chi connectivity index (χ2n) is 19.6. The minimum absolute atomic E-state index is 0.00591. The summed E-state index contributed by atoms with van der Waals surface area (Å²) in [5.41, 5.74) is 2.78. The van der Waals surface area contributed by atoms with E-state index in [1.54, 1.807) is 5.57 Å². The number of ether oxygens (including phenoxy) is 3. The Morgan fingerprint density at radius 1 is 0.940 bits per heavy atom. The molecular formula is C46H72O4. The lowest BCUT2D eigenvalue weighted by Crippen LogP contribution is -2.69. The lowest BCUT2D eigenvalue weighted by atomic mass is 9.34. The van der Waals surface area contributed by atoms with Crippen LogP contribution in [0, 0.1) is 68.0 Å². The van der Waals surface area contributed by atoms with Crippen molar-refractivity contribution in [2.75, 3.05) is 19.8 Å². The number of esters is 1. The third kappa shape index (κ3) is 5.61. The van der Waals surface area contributed by atoms with Gasteiger partial charge in [0, 0.05) is 10.8 Å². The second-order valence-corrected chi connectivity index (χ2v) is 19.6. The number of benzene rings is 1. The van der Waals surface area contributed by atoms with Gasteiger partial charge >= 0.3 is 5.97 Å². The fourth-order valence-corrected chi connectivity index (χ4v) is 13.5. The molecule has 0 radical (unpaired) electrons. The molecule has 0 aromatic heterocycles. The molecule has 0 unspecified atom stereocenters. The molecule has 4 aliphatic carbocycles. The maximum absolute atomic E-state index is 14.7. The summed E-state index contributed by atoms with van der Waals surface area (Å²) in [7, 11) is 0. The summed E-state index contributed by atoms with van der Waals surface area (Å²) < 4.78 is 20.3. The zero-order valence-corrected chi connectivity index (χ0v) is 33.8. The van der Waals surface area contributed by atoms with Crippen molar-refractivity contribution in [1.29, 1.82) is 0 Å². The van der Waals surface area contributed by atoms with E-state index < -0.39 is 0 Å². The first-order chi connectivity index (χ1) is 23.6. The Morgan fingerprint density at radius 2 is 1.62 bits per heavy atom. The Balaban J connectivity index is 1.36. The van der Waals surface area contributed by atoms with Gasteiger partial charge in [0.25, 0.3) is 0 Å². The predicted molar refractivity (Wildman–Crippen MR) is 204 cm³/mol. The van der Waals surface area contributed by atoms with E-state index in [0.717, 1.165) is 51.1 Å². The summed E-state index contributed by atoms with van der Waals surface area (Å²) in [6, 6.07) is 10.2. The third-order valence-corrected chi connectivity index (χ3v) is 17.4. The lowest BCUT2D eigenvalue weighted by molar-refractivity contribution is -0.255. The van der Waals surface area contributed by atoms with Gasteiger partial charge in [-0.25, -0.2) is 0 Å². The first-order valence-electron chi connectivity index (χ1n) is 20.7.